The SMILES string of the molecule is CCN(c1ccccc1O)C(C)COc1ccccc1. The summed E-state index contributed by atoms with van der Waals surface area (Å²) in [5, 5.41) is 9.96. The molecule has 0 saturated heterocycles. The van der Waals surface area contributed by atoms with Crippen LogP contribution in [0, 0.1) is 0 Å². The number of aromatic hydroxyl groups is 1. The van der Waals surface area contributed by atoms with Gasteiger partial charge in [0.15, 0.2) is 0 Å². The fourth-order valence-corrected chi connectivity index (χ4v) is 2.25. The Morgan fingerprint density at radius 2 is 1.70 bits per heavy atom. The third-order valence-electron chi connectivity index (χ3n) is 3.30. The van der Waals surface area contributed by atoms with E-state index in [0.29, 0.717) is 12.4 Å². The molecule has 0 radical (unpaired) electrons. The van der Waals surface area contributed by atoms with Crippen molar-refractivity contribution in [1.82, 2.24) is 0 Å². The maximum Gasteiger partial charge on any atom is 0.138 e. The molecule has 1 atom stereocenters. The second kappa shape index (κ2) is 6.85. The minimum atomic E-state index is 0.175. The van der Waals surface area contributed by atoms with E-state index in [0.717, 1.165) is 18.0 Å². The van der Waals surface area contributed by atoms with Gasteiger partial charge in [0.2, 0.25) is 0 Å². The number of phenolic OH excluding ortho intramolecular Hbond substituents is 1. The minimum Gasteiger partial charge on any atom is -0.506 e. The Balaban J connectivity index is 2.03. The van der Waals surface area contributed by atoms with Gasteiger partial charge in [0, 0.05) is 6.54 Å². The maximum atomic E-state index is 9.96. The van der Waals surface area contributed by atoms with E-state index in [-0.39, 0.29) is 6.04 Å². The summed E-state index contributed by atoms with van der Waals surface area (Å²) < 4.78 is 5.79. The van der Waals surface area contributed by atoms with Crippen LogP contribution in [0.5, 0.6) is 11.5 Å². The van der Waals surface area contributed by atoms with E-state index in [9.17, 15) is 5.11 Å². The first-order chi connectivity index (χ1) is 9.72. The molecule has 2 aromatic carbocycles. The van der Waals surface area contributed by atoms with Gasteiger partial charge < -0.3 is 14.7 Å². The van der Waals surface area contributed by atoms with Crippen LogP contribution < -0.4 is 9.64 Å². The molecule has 20 heavy (non-hydrogen) atoms. The number of anilines is 1. The molecule has 3 nitrogen and oxygen atoms in total. The summed E-state index contributed by atoms with van der Waals surface area (Å²) in [6.45, 7) is 5.56. The van der Waals surface area contributed by atoms with Gasteiger partial charge in [0.05, 0.1) is 11.7 Å². The highest BCUT2D eigenvalue weighted by molar-refractivity contribution is 5.58. The van der Waals surface area contributed by atoms with E-state index in [1.54, 1.807) is 6.07 Å². The van der Waals surface area contributed by atoms with Gasteiger partial charge >= 0.3 is 0 Å². The van der Waals surface area contributed by atoms with Gasteiger partial charge in [0.25, 0.3) is 0 Å². The lowest BCUT2D eigenvalue weighted by atomic mass is 10.2. The highest BCUT2D eigenvalue weighted by Crippen LogP contribution is 2.28. The van der Waals surface area contributed by atoms with E-state index in [2.05, 4.69) is 18.7 Å². The van der Waals surface area contributed by atoms with Gasteiger partial charge in [0.1, 0.15) is 18.1 Å². The van der Waals surface area contributed by atoms with Gasteiger partial charge in [-0.2, -0.15) is 0 Å². The van der Waals surface area contributed by atoms with E-state index >= 15 is 0 Å². The molecule has 2 aromatic rings. The van der Waals surface area contributed by atoms with E-state index in [4.69, 9.17) is 4.74 Å². The number of benzene rings is 2. The Morgan fingerprint density at radius 3 is 2.35 bits per heavy atom. The van der Waals surface area contributed by atoms with Crippen molar-refractivity contribution in [3.63, 3.8) is 0 Å². The van der Waals surface area contributed by atoms with Crippen molar-refractivity contribution in [1.29, 1.82) is 0 Å². The normalized spacial score (nSPS) is 11.9. The minimum absolute atomic E-state index is 0.175. The second-order valence-corrected chi connectivity index (χ2v) is 4.75. The standard InChI is InChI=1S/C17H21NO2/c1-3-18(16-11-7-8-12-17(16)19)14(2)13-20-15-9-5-4-6-10-15/h4-12,14,19H,3,13H2,1-2H3. The number of rotatable bonds is 6. The molecule has 1 unspecified atom stereocenters. The Morgan fingerprint density at radius 1 is 1.05 bits per heavy atom. The summed E-state index contributed by atoms with van der Waals surface area (Å²) in [4.78, 5) is 2.14. The Hall–Kier alpha value is -2.16. The smallest absolute Gasteiger partial charge is 0.138 e. The zero-order valence-electron chi connectivity index (χ0n) is 12.0. The Labute approximate surface area is 120 Å². The third-order valence-corrected chi connectivity index (χ3v) is 3.30. The Bertz CT molecular complexity index is 528. The number of hydrogen-bond donors (Lipinski definition) is 1. The van der Waals surface area contributed by atoms with Crippen LogP contribution in [-0.2, 0) is 0 Å². The highest BCUT2D eigenvalue weighted by Gasteiger charge is 2.16. The van der Waals surface area contributed by atoms with Gasteiger partial charge in [-0.3, -0.25) is 0 Å². The van der Waals surface area contributed by atoms with E-state index in [1.807, 2.05) is 48.5 Å². The number of ether oxygens (including phenoxy) is 1. The van der Waals surface area contributed by atoms with Crippen molar-refractivity contribution in [2.75, 3.05) is 18.1 Å². The second-order valence-electron chi connectivity index (χ2n) is 4.75. The first-order valence-electron chi connectivity index (χ1n) is 6.95. The number of nitrogens with zero attached hydrogens (tertiary/aromatic N) is 1. The molecular formula is C17H21NO2. The van der Waals surface area contributed by atoms with Crippen LogP contribution in [0.1, 0.15) is 13.8 Å². The molecule has 3 heteroatoms. The summed E-state index contributed by atoms with van der Waals surface area (Å²) >= 11 is 0. The first-order valence-corrected chi connectivity index (χ1v) is 6.95. The Kier molecular flexibility index (Phi) is 4.88. The van der Waals surface area contributed by atoms with Crippen LogP contribution in [0.4, 0.5) is 5.69 Å². The lowest BCUT2D eigenvalue weighted by molar-refractivity contribution is 0.289. The maximum absolute atomic E-state index is 9.96. The zero-order chi connectivity index (χ0) is 14.4. The topological polar surface area (TPSA) is 32.7 Å². The molecule has 0 aromatic heterocycles. The number of para-hydroxylation sites is 3. The molecule has 0 aliphatic rings. The van der Waals surface area contributed by atoms with Crippen molar-refractivity contribution in [2.45, 2.75) is 19.9 Å². The van der Waals surface area contributed by atoms with E-state index < -0.39 is 0 Å². The van der Waals surface area contributed by atoms with Crippen molar-refractivity contribution < 1.29 is 9.84 Å². The average Bonchev–Trinajstić information content (AvgIpc) is 2.49. The number of phenols is 1. The fourth-order valence-electron chi connectivity index (χ4n) is 2.25. The van der Waals surface area contributed by atoms with Crippen LogP contribution in [0.25, 0.3) is 0 Å². The van der Waals surface area contributed by atoms with Crippen molar-refractivity contribution in [3.05, 3.63) is 54.6 Å². The lowest BCUT2D eigenvalue weighted by Crippen LogP contribution is -2.37. The fraction of sp³-hybridized carbons (Fsp3) is 0.294. The molecule has 106 valence electrons. The molecule has 0 fully saturated rings. The van der Waals surface area contributed by atoms with Crippen molar-refractivity contribution in [3.8, 4) is 11.5 Å². The molecule has 0 aliphatic carbocycles. The summed E-state index contributed by atoms with van der Waals surface area (Å²) in [5.74, 6) is 1.17. The molecular weight excluding hydrogens is 250 g/mol. The molecule has 2 rings (SSSR count). The summed E-state index contributed by atoms with van der Waals surface area (Å²) in [7, 11) is 0. The summed E-state index contributed by atoms with van der Waals surface area (Å²) in [6.07, 6.45) is 0. The first kappa shape index (κ1) is 14.3. The predicted molar refractivity (Wildman–Crippen MR) is 82.5 cm³/mol. The summed E-state index contributed by atoms with van der Waals surface area (Å²) in [5.41, 5.74) is 0.846. The quantitative estimate of drug-likeness (QED) is 0.869. The average molecular weight is 271 g/mol. The van der Waals surface area contributed by atoms with Crippen LogP contribution in [0.15, 0.2) is 54.6 Å². The molecule has 0 spiro atoms. The van der Waals surface area contributed by atoms with E-state index in [1.165, 1.54) is 0 Å². The largest absolute Gasteiger partial charge is 0.506 e. The lowest BCUT2D eigenvalue weighted by Gasteiger charge is -2.30. The van der Waals surface area contributed by atoms with Gasteiger partial charge in [-0.25, -0.2) is 0 Å². The molecule has 0 saturated carbocycles. The third kappa shape index (κ3) is 3.44. The van der Waals surface area contributed by atoms with Crippen LogP contribution in [0.2, 0.25) is 0 Å². The number of likely N-dealkylation sites (N-methyl/N-ethyl adjacent to an activating group) is 1. The molecule has 0 aliphatic heterocycles. The monoisotopic (exact) mass is 271 g/mol. The van der Waals surface area contributed by atoms with Crippen molar-refractivity contribution in [2.24, 2.45) is 0 Å². The van der Waals surface area contributed by atoms with Gasteiger partial charge in [-0.15, -0.1) is 0 Å². The van der Waals surface area contributed by atoms with Crippen molar-refractivity contribution >= 4 is 5.69 Å². The van der Waals surface area contributed by atoms with Crippen LogP contribution in [0.3, 0.4) is 0 Å². The van der Waals surface area contributed by atoms with Gasteiger partial charge in [-0.1, -0.05) is 30.3 Å². The number of hydrogen-bond acceptors (Lipinski definition) is 3. The van der Waals surface area contributed by atoms with Crippen LogP contribution >= 0.6 is 0 Å². The zero-order valence-corrected chi connectivity index (χ0v) is 12.0. The molecule has 0 bridgehead atoms. The summed E-state index contributed by atoms with van der Waals surface area (Å²) in [6, 6.07) is 17.4. The predicted octanol–water partition coefficient (Wildman–Crippen LogP) is 3.69. The van der Waals surface area contributed by atoms with Gasteiger partial charge in [-0.05, 0) is 38.1 Å². The van der Waals surface area contributed by atoms with Crippen LogP contribution in [-0.4, -0.2) is 24.3 Å². The molecule has 1 N–H and O–H groups in total. The molecule has 0 amide bonds. The molecule has 0 heterocycles. The highest BCUT2D eigenvalue weighted by atomic mass is 16.5.